The predicted octanol–water partition coefficient (Wildman–Crippen LogP) is 4.93. The number of rotatable bonds is 6. The largest absolute Gasteiger partial charge is 0.325 e. The predicted molar refractivity (Wildman–Crippen MR) is 108 cm³/mol. The Labute approximate surface area is 156 Å². The molecule has 0 saturated carbocycles. The molecule has 26 heavy (non-hydrogen) atoms. The molecule has 0 saturated heterocycles. The van der Waals surface area contributed by atoms with Gasteiger partial charge in [-0.05, 0) is 41.2 Å². The number of carbonyl (C=O) groups excluding carboxylic acids is 2. The van der Waals surface area contributed by atoms with Crippen molar-refractivity contribution in [3.05, 3.63) is 59.7 Å². The van der Waals surface area contributed by atoms with Crippen molar-refractivity contribution in [1.82, 2.24) is 0 Å². The summed E-state index contributed by atoms with van der Waals surface area (Å²) in [5.41, 5.74) is 3.80. The van der Waals surface area contributed by atoms with E-state index in [2.05, 4.69) is 33.0 Å². The van der Waals surface area contributed by atoms with Crippen molar-refractivity contribution in [2.24, 2.45) is 0 Å². The Balaban J connectivity index is 2.15. The molecule has 0 aliphatic heterocycles. The highest BCUT2D eigenvalue weighted by Gasteiger charge is 2.19. The second-order valence-electron chi connectivity index (χ2n) is 7.14. The zero-order chi connectivity index (χ0) is 19.3. The van der Waals surface area contributed by atoms with E-state index in [1.54, 1.807) is 0 Å². The Morgan fingerprint density at radius 2 is 1.54 bits per heavy atom. The first-order chi connectivity index (χ1) is 12.3. The maximum Gasteiger partial charge on any atom is 0.244 e. The first-order valence-electron chi connectivity index (χ1n) is 9.06. The van der Waals surface area contributed by atoms with Crippen molar-refractivity contribution < 1.29 is 9.59 Å². The van der Waals surface area contributed by atoms with E-state index in [1.165, 1.54) is 17.4 Å². The van der Waals surface area contributed by atoms with Crippen molar-refractivity contribution in [1.29, 1.82) is 0 Å². The average molecular weight is 352 g/mol. The molecule has 1 N–H and O–H groups in total. The van der Waals surface area contributed by atoms with Crippen molar-refractivity contribution in [2.45, 2.75) is 46.5 Å². The molecule has 0 unspecified atom stereocenters. The highest BCUT2D eigenvalue weighted by atomic mass is 16.2. The fourth-order valence-corrected chi connectivity index (χ4v) is 2.88. The van der Waals surface area contributed by atoms with Gasteiger partial charge >= 0.3 is 0 Å². The third kappa shape index (κ3) is 4.94. The summed E-state index contributed by atoms with van der Waals surface area (Å²) in [6.45, 7) is 9.89. The van der Waals surface area contributed by atoms with Crippen LogP contribution in [0.25, 0.3) is 0 Å². The molecule has 2 rings (SSSR count). The van der Waals surface area contributed by atoms with Crippen LogP contribution in [-0.2, 0) is 9.59 Å². The fourth-order valence-electron chi connectivity index (χ4n) is 2.88. The van der Waals surface area contributed by atoms with Gasteiger partial charge in [0.2, 0.25) is 11.8 Å². The van der Waals surface area contributed by atoms with Crippen LogP contribution >= 0.6 is 0 Å². The molecule has 0 spiro atoms. The molecule has 0 fully saturated rings. The molecule has 2 amide bonds. The molecule has 0 heterocycles. The van der Waals surface area contributed by atoms with Crippen LogP contribution in [-0.4, -0.2) is 18.4 Å². The number of anilines is 2. The number of carbonyl (C=O) groups is 2. The molecule has 0 aliphatic rings. The third-order valence-corrected chi connectivity index (χ3v) is 4.39. The smallest absolute Gasteiger partial charge is 0.244 e. The van der Waals surface area contributed by atoms with E-state index < -0.39 is 0 Å². The molecule has 138 valence electrons. The lowest BCUT2D eigenvalue weighted by Gasteiger charge is -2.25. The van der Waals surface area contributed by atoms with E-state index in [9.17, 15) is 9.59 Å². The lowest BCUT2D eigenvalue weighted by Crippen LogP contribution is -2.37. The molecule has 0 radical (unpaired) electrons. The molecular weight excluding hydrogens is 324 g/mol. The Morgan fingerprint density at radius 1 is 0.923 bits per heavy atom. The lowest BCUT2D eigenvalue weighted by molar-refractivity contribution is -0.120. The number of amides is 2. The van der Waals surface area contributed by atoms with Gasteiger partial charge in [0.15, 0.2) is 0 Å². The maximum absolute atomic E-state index is 12.5. The van der Waals surface area contributed by atoms with Gasteiger partial charge in [0.25, 0.3) is 0 Å². The van der Waals surface area contributed by atoms with Crippen LogP contribution in [0.3, 0.4) is 0 Å². The average Bonchev–Trinajstić information content (AvgIpc) is 2.60. The summed E-state index contributed by atoms with van der Waals surface area (Å²) in [6, 6.07) is 15.5. The van der Waals surface area contributed by atoms with E-state index in [0.29, 0.717) is 5.92 Å². The summed E-state index contributed by atoms with van der Waals surface area (Å²) in [5, 5.41) is 2.88. The minimum atomic E-state index is -0.212. The number of para-hydroxylation sites is 1. The quantitative estimate of drug-likeness (QED) is 0.802. The summed E-state index contributed by atoms with van der Waals surface area (Å²) in [4.78, 5) is 26.2. The van der Waals surface area contributed by atoms with Gasteiger partial charge in [-0.1, -0.05) is 58.0 Å². The number of hydrogen-bond acceptors (Lipinski definition) is 2. The van der Waals surface area contributed by atoms with E-state index in [1.807, 2.05) is 48.5 Å². The van der Waals surface area contributed by atoms with Crippen LogP contribution in [0.4, 0.5) is 11.4 Å². The molecule has 2 aromatic rings. The van der Waals surface area contributed by atoms with Gasteiger partial charge in [-0.25, -0.2) is 0 Å². The van der Waals surface area contributed by atoms with Crippen LogP contribution in [0.1, 0.15) is 57.6 Å². The first-order valence-corrected chi connectivity index (χ1v) is 9.06. The van der Waals surface area contributed by atoms with Crippen molar-refractivity contribution in [3.8, 4) is 0 Å². The number of nitrogens with one attached hydrogen (secondary N) is 1. The Bertz CT molecular complexity index is 764. The molecule has 0 aliphatic carbocycles. The van der Waals surface area contributed by atoms with E-state index in [0.717, 1.165) is 16.9 Å². The summed E-state index contributed by atoms with van der Waals surface area (Å²) in [7, 11) is 0. The van der Waals surface area contributed by atoms with E-state index in [4.69, 9.17) is 0 Å². The molecule has 2 aromatic carbocycles. The van der Waals surface area contributed by atoms with Gasteiger partial charge in [0.1, 0.15) is 6.54 Å². The molecule has 0 atom stereocenters. The second kappa shape index (κ2) is 8.65. The molecule has 4 heteroatoms. The molecule has 4 nitrogen and oxygen atoms in total. The molecule has 0 bridgehead atoms. The van der Waals surface area contributed by atoms with Gasteiger partial charge in [-0.2, -0.15) is 0 Å². The first kappa shape index (κ1) is 19.7. The zero-order valence-electron chi connectivity index (χ0n) is 16.2. The maximum atomic E-state index is 12.5. The minimum absolute atomic E-state index is 0.00893. The standard InChI is InChI=1S/C22H28N2O2/c1-15(2)18-10-12-19(13-11-18)23-22(26)14-24(17(5)25)21-9-7-6-8-20(21)16(3)4/h6-13,15-16H,14H2,1-5H3,(H,23,26). The van der Waals surface area contributed by atoms with Crippen molar-refractivity contribution in [3.63, 3.8) is 0 Å². The monoisotopic (exact) mass is 352 g/mol. The van der Waals surface area contributed by atoms with Crippen LogP contribution in [0.15, 0.2) is 48.5 Å². The highest BCUT2D eigenvalue weighted by molar-refractivity contribution is 6.02. The van der Waals surface area contributed by atoms with Gasteiger partial charge in [0.05, 0.1) is 0 Å². The highest BCUT2D eigenvalue weighted by Crippen LogP contribution is 2.27. The number of nitrogens with zero attached hydrogens (tertiary/aromatic N) is 1. The minimum Gasteiger partial charge on any atom is -0.325 e. The van der Waals surface area contributed by atoms with Gasteiger partial charge in [-0.15, -0.1) is 0 Å². The van der Waals surface area contributed by atoms with Crippen molar-refractivity contribution in [2.75, 3.05) is 16.8 Å². The van der Waals surface area contributed by atoms with Crippen molar-refractivity contribution >= 4 is 23.2 Å². The zero-order valence-corrected chi connectivity index (χ0v) is 16.2. The summed E-state index contributed by atoms with van der Waals surface area (Å²) < 4.78 is 0. The molecule has 0 aromatic heterocycles. The summed E-state index contributed by atoms with van der Waals surface area (Å²) in [6.07, 6.45) is 0. The Morgan fingerprint density at radius 3 is 2.08 bits per heavy atom. The van der Waals surface area contributed by atoms with Gasteiger partial charge in [-0.3, -0.25) is 9.59 Å². The van der Waals surface area contributed by atoms with Crippen LogP contribution in [0.5, 0.6) is 0 Å². The van der Waals surface area contributed by atoms with Gasteiger partial charge in [0, 0.05) is 18.3 Å². The Kier molecular flexibility index (Phi) is 6.56. The second-order valence-corrected chi connectivity index (χ2v) is 7.14. The van der Waals surface area contributed by atoms with E-state index in [-0.39, 0.29) is 24.3 Å². The SMILES string of the molecule is CC(=O)N(CC(=O)Nc1ccc(C(C)C)cc1)c1ccccc1C(C)C. The Hall–Kier alpha value is -2.62. The summed E-state index contributed by atoms with van der Waals surface area (Å²) in [5.74, 6) is 0.347. The van der Waals surface area contributed by atoms with Crippen LogP contribution < -0.4 is 10.2 Å². The number of benzene rings is 2. The van der Waals surface area contributed by atoms with Crippen LogP contribution in [0.2, 0.25) is 0 Å². The fraction of sp³-hybridized carbons (Fsp3) is 0.364. The molecular formula is C22H28N2O2. The normalized spacial score (nSPS) is 10.9. The van der Waals surface area contributed by atoms with Crippen LogP contribution in [0, 0.1) is 0 Å². The lowest BCUT2D eigenvalue weighted by atomic mass is 10.0. The third-order valence-electron chi connectivity index (χ3n) is 4.39. The van der Waals surface area contributed by atoms with Gasteiger partial charge < -0.3 is 10.2 Å². The van der Waals surface area contributed by atoms with E-state index >= 15 is 0 Å². The topological polar surface area (TPSA) is 49.4 Å². The summed E-state index contributed by atoms with van der Waals surface area (Å²) >= 11 is 0. The number of hydrogen-bond donors (Lipinski definition) is 1.